The molecule has 15 nitrogen and oxygen atoms in total. The molecule has 0 fully saturated rings. The molecule has 6 radical (unpaired) electrons. The third kappa shape index (κ3) is 13.7. The predicted molar refractivity (Wildman–Crippen MR) is 459 cm³/mol. The second-order valence-corrected chi connectivity index (χ2v) is 30.7. The van der Waals surface area contributed by atoms with Gasteiger partial charge in [0.25, 0.3) is 0 Å². The number of aromatic nitrogens is 10. The Bertz CT molecular complexity index is 8140. The number of aryl methyl sites for hydroxylation is 5. The number of para-hydroxylation sites is 3. The van der Waals surface area contributed by atoms with E-state index >= 15 is 0 Å². The summed E-state index contributed by atoms with van der Waals surface area (Å²) in [7, 11) is 1.94. The van der Waals surface area contributed by atoms with Crippen LogP contribution >= 0.6 is 34.0 Å². The molecule has 0 amide bonds. The average molecular weight is 2670 g/mol. The maximum absolute atomic E-state index is 5.88. The molecule has 0 aliphatic carbocycles. The van der Waals surface area contributed by atoms with E-state index in [0.29, 0.717) is 5.89 Å². The summed E-state index contributed by atoms with van der Waals surface area (Å²) in [5, 5.41) is 35.7. The zero-order valence-corrected chi connectivity index (χ0v) is 79.7. The molecule has 119 heavy (non-hydrogen) atoms. The van der Waals surface area contributed by atoms with Crippen molar-refractivity contribution < 1.29 is 143 Å². The van der Waals surface area contributed by atoms with Crippen molar-refractivity contribution >= 4 is 245 Å². The van der Waals surface area contributed by atoms with Crippen molar-refractivity contribution in [1.82, 2.24) is 48.1 Å². The van der Waals surface area contributed by atoms with Crippen LogP contribution in [-0.4, -0.2) is 48.1 Å². The molecule has 12 aromatic carbocycles. The fraction of sp³-hybridized carbons (Fsp3) is 0.0526. The van der Waals surface area contributed by atoms with Crippen LogP contribution in [0.2, 0.25) is 0 Å². The molecule has 0 bridgehead atoms. The Morgan fingerprint density at radius 1 is 0.361 bits per heavy atom. The summed E-state index contributed by atoms with van der Waals surface area (Å²) in [4.78, 5) is 18.6. The van der Waals surface area contributed by atoms with E-state index in [0.717, 1.165) is 181 Å². The summed E-state index contributed by atoms with van der Waals surface area (Å²) in [5.74, 6) is 2.30. The molecule has 0 N–H and O–H groups in total. The van der Waals surface area contributed by atoms with Crippen LogP contribution in [0.15, 0.2) is 270 Å². The monoisotopic (exact) mass is 2670 g/mol. The molecule has 0 aliphatic rings. The topological polar surface area (TPSA) is 161 Å². The van der Waals surface area contributed by atoms with Gasteiger partial charge in [-0.15, -0.1) is 67.9 Å². The van der Waals surface area contributed by atoms with Crippen molar-refractivity contribution in [2.24, 2.45) is 7.05 Å². The molecular formula is C95H56Ir6N10O5S3-6. The summed E-state index contributed by atoms with van der Waals surface area (Å²) in [6.07, 6.45) is 9.29. The van der Waals surface area contributed by atoms with Crippen molar-refractivity contribution in [2.75, 3.05) is 0 Å². The van der Waals surface area contributed by atoms with E-state index < -0.39 is 0 Å². The van der Waals surface area contributed by atoms with Crippen molar-refractivity contribution in [2.45, 2.75) is 27.7 Å². The third-order valence-corrected chi connectivity index (χ3v) is 23.7. The smallest absolute Gasteiger partial charge is 0.178 e. The quantitative estimate of drug-likeness (QED) is 0.133. The normalized spacial score (nSPS) is 11.3. The maximum Gasteiger partial charge on any atom is 0.178 e. The summed E-state index contributed by atoms with van der Waals surface area (Å²) in [5.41, 5.74) is 16.5. The zero-order valence-electron chi connectivity index (χ0n) is 62.9. The fourth-order valence-corrected chi connectivity index (χ4v) is 19.0. The van der Waals surface area contributed by atoms with Gasteiger partial charge in [-0.05, 0) is 139 Å². The Morgan fingerprint density at radius 2 is 0.874 bits per heavy atom. The minimum absolute atomic E-state index is 0. The molecule has 24 heteroatoms. The van der Waals surface area contributed by atoms with Crippen LogP contribution in [0.4, 0.5) is 0 Å². The molecule has 15 heterocycles. The number of thiophene rings is 2. The first-order chi connectivity index (χ1) is 55.6. The number of rotatable bonds is 0. The Hall–Kier alpha value is -10.1. The Balaban J connectivity index is 0.000000106. The SMILES string of the molecule is Cc1[c-]c2c3nn(C)cc3c3ccccc3c2o1.Cc1[c-]c2c3nn4ccccc4c3c3ccccc3c2o1.Cc1nc2c3[c-]csc3c3ccccc3c2o1.Cc1nc2c3[c-]csc3c3ccccc3c2s1.[Ir].[Ir].[Ir].[Ir].[Ir].[Ir].[c-]1coc2c1c1nc3ccccc3n1c1ccccc21.[c-]1coc2c1c1nc3ccccn3c1c1ccccc12. The van der Waals surface area contributed by atoms with Gasteiger partial charge in [-0.1, -0.05) is 195 Å². The van der Waals surface area contributed by atoms with E-state index in [4.69, 9.17) is 37.2 Å². The molecule has 0 unspecified atom stereocenters. The first kappa shape index (κ1) is 82.5. The molecule has 27 rings (SSSR count). The number of fused-ring (bicyclic) bond motifs is 42. The van der Waals surface area contributed by atoms with Gasteiger partial charge in [-0.3, -0.25) is 24.1 Å². The number of nitrogens with zero attached hydrogens (tertiary/aromatic N) is 10. The van der Waals surface area contributed by atoms with Gasteiger partial charge in [-0.2, -0.15) is 12.1 Å². The van der Waals surface area contributed by atoms with Crippen molar-refractivity contribution in [3.8, 4) is 0 Å². The van der Waals surface area contributed by atoms with Crippen LogP contribution in [0.3, 0.4) is 0 Å². The molecule has 0 aliphatic heterocycles. The van der Waals surface area contributed by atoms with E-state index in [1.165, 1.54) is 46.4 Å². The third-order valence-electron chi connectivity index (χ3n) is 20.9. The van der Waals surface area contributed by atoms with Crippen LogP contribution in [0, 0.1) is 64.1 Å². The largest absolute Gasteiger partial charge is 0.535 e. The second-order valence-electron chi connectivity index (χ2n) is 27.7. The molecule has 27 aromatic rings. The number of hydrogen-bond donors (Lipinski definition) is 0. The van der Waals surface area contributed by atoms with Crippen LogP contribution in [-0.2, 0) is 128 Å². The van der Waals surface area contributed by atoms with Gasteiger partial charge in [0.05, 0.1) is 21.6 Å². The van der Waals surface area contributed by atoms with Crippen LogP contribution < -0.4 is 0 Å². The Kier molecular flexibility index (Phi) is 23.2. The van der Waals surface area contributed by atoms with Gasteiger partial charge in [0, 0.05) is 232 Å². The van der Waals surface area contributed by atoms with Gasteiger partial charge in [0.2, 0.25) is 0 Å². The van der Waals surface area contributed by atoms with Crippen LogP contribution in [0.1, 0.15) is 22.4 Å². The molecule has 0 atom stereocenters. The number of furan rings is 4. The van der Waals surface area contributed by atoms with Gasteiger partial charge in [0.15, 0.2) is 5.89 Å². The summed E-state index contributed by atoms with van der Waals surface area (Å²) in [6.45, 7) is 7.80. The predicted octanol–water partition coefficient (Wildman–Crippen LogP) is 25.5. The van der Waals surface area contributed by atoms with E-state index in [-0.39, 0.29) is 121 Å². The Labute approximate surface area is 769 Å². The molecule has 0 saturated carbocycles. The number of hydrogen-bond acceptors (Lipinski definition) is 14. The number of oxazole rings is 1. The minimum Gasteiger partial charge on any atom is -0.535 e. The molecule has 15 aromatic heterocycles. The standard InChI is InChI=1S/C18H11N2O.2C17H9N2O.C15H11N2O.C14H8NOS.C14H8NS2.6Ir/c1-11-10-14-17-16(15-8-4-5-9-20(15)19-17)12-6-2-3-7-13(12)18(14)21-11;1-3-7-14-11(5-1)16-12(9-10-20-16)17-18-13-6-2-4-8-15(13)19(14)17;1-2-6-12-11(5-1)16-15(13-8-10-20-17(12)13)18-14-7-3-4-9-19(14)16;1-9-7-12-14-13(8-17(2)16-14)10-5-3-4-6-11(10)15(12)18-9;1-8-15-12-11-6-7-17-14(11)10-5-3-2-4-9(10)13(12)16-8;1-8-15-12-11-6-7-16-13(11)9-4-2-3-5-10(9)14(12)17-8;;;;;;/h2-9H,1H3;1-8,10H;1-7,9-10H;3-6,8H,1-2H3;2*2-5,7H,1H3;;;;;;/q6*-1;;;;;;. The van der Waals surface area contributed by atoms with Gasteiger partial charge >= 0.3 is 0 Å². The van der Waals surface area contributed by atoms with E-state index in [1.54, 1.807) is 46.5 Å². The zero-order chi connectivity index (χ0) is 75.3. The van der Waals surface area contributed by atoms with E-state index in [9.17, 15) is 0 Å². The number of thiazole rings is 1. The van der Waals surface area contributed by atoms with Crippen LogP contribution in [0.25, 0.3) is 211 Å². The number of imidazole rings is 2. The maximum atomic E-state index is 5.88. The average Bonchev–Trinajstić information content (AvgIpc) is 1.60. The summed E-state index contributed by atoms with van der Waals surface area (Å²) < 4.78 is 40.6. The fourth-order valence-electron chi connectivity index (χ4n) is 16.3. The number of benzene rings is 12. The first-order valence-corrected chi connectivity index (χ1v) is 39.2. The summed E-state index contributed by atoms with van der Waals surface area (Å²) in [6, 6.07) is 89.8. The van der Waals surface area contributed by atoms with Crippen molar-refractivity contribution in [3.63, 3.8) is 0 Å². The second kappa shape index (κ2) is 33.5. The minimum atomic E-state index is 0. The summed E-state index contributed by atoms with van der Waals surface area (Å²) >= 11 is 5.23. The number of pyridine rings is 3. The van der Waals surface area contributed by atoms with Crippen molar-refractivity contribution in [1.29, 1.82) is 0 Å². The van der Waals surface area contributed by atoms with Gasteiger partial charge in [-0.25, -0.2) is 32.9 Å². The van der Waals surface area contributed by atoms with E-state index in [2.05, 4.69) is 176 Å². The molecule has 0 saturated heterocycles. The van der Waals surface area contributed by atoms with Crippen molar-refractivity contribution in [3.05, 3.63) is 307 Å². The molecule has 0 spiro atoms. The van der Waals surface area contributed by atoms with Gasteiger partial charge in [0.1, 0.15) is 11.2 Å². The molecule has 594 valence electrons. The first-order valence-electron chi connectivity index (χ1n) is 36.7. The van der Waals surface area contributed by atoms with Gasteiger partial charge < -0.3 is 35.9 Å². The van der Waals surface area contributed by atoms with E-state index in [1.807, 2.05) is 163 Å². The molecular weight excluding hydrogens is 2610 g/mol. The van der Waals surface area contributed by atoms with Crippen LogP contribution in [0.5, 0.6) is 0 Å². The Morgan fingerprint density at radius 3 is 1.56 bits per heavy atom.